The van der Waals surface area contributed by atoms with Gasteiger partial charge in [-0.05, 0) is 62.1 Å². The molecule has 1 spiro atoms. The van der Waals surface area contributed by atoms with Gasteiger partial charge in [0.05, 0.1) is 16.7 Å². The van der Waals surface area contributed by atoms with Gasteiger partial charge in [0.2, 0.25) is 5.91 Å². The highest BCUT2D eigenvalue weighted by Crippen LogP contribution is 2.52. The number of ether oxygens (including phenoxy) is 2. The van der Waals surface area contributed by atoms with E-state index in [1.165, 1.54) is 5.56 Å². The van der Waals surface area contributed by atoms with Crippen molar-refractivity contribution in [2.45, 2.75) is 62.3 Å². The van der Waals surface area contributed by atoms with E-state index in [-0.39, 0.29) is 34.4 Å². The Balaban J connectivity index is 1.41. The minimum Gasteiger partial charge on any atom is -0.486 e. The van der Waals surface area contributed by atoms with E-state index >= 15 is 0 Å². The molecule has 176 valence electrons. The number of carbonyl (C=O) groups excluding carboxylic acids is 1. The molecular formula is C26H31NO5S. The van der Waals surface area contributed by atoms with Crippen molar-refractivity contribution >= 4 is 15.7 Å². The Morgan fingerprint density at radius 1 is 1.06 bits per heavy atom. The molecule has 2 heterocycles. The van der Waals surface area contributed by atoms with Crippen molar-refractivity contribution in [3.63, 3.8) is 0 Å². The molecule has 1 fully saturated rings. The van der Waals surface area contributed by atoms with Crippen LogP contribution >= 0.6 is 0 Å². The molecule has 7 heteroatoms. The highest BCUT2D eigenvalue weighted by atomic mass is 32.2. The van der Waals surface area contributed by atoms with E-state index in [2.05, 4.69) is 6.07 Å². The third kappa shape index (κ3) is 4.01. The molecule has 0 bridgehead atoms. The minimum absolute atomic E-state index is 0.0173. The van der Waals surface area contributed by atoms with Gasteiger partial charge in [-0.25, -0.2) is 8.42 Å². The Kier molecular flexibility index (Phi) is 5.63. The number of carbonyl (C=O) groups is 1. The van der Waals surface area contributed by atoms with Crippen molar-refractivity contribution in [2.24, 2.45) is 0 Å². The minimum atomic E-state index is -3.51. The fraction of sp³-hybridized carbons (Fsp3) is 0.500. The standard InChI is InChI=1S/C26H31NO5S/c1-18-5-7-20(8-6-18)33(29,30)14-9-25(28)27-17-26(10-3-4-11-26)22-16-24-23(31-12-13-32-24)15-21(22)19(27)2/h5-8,15-16,19H,3-4,9-14,17H2,1-2H3/t19-/m1/s1. The lowest BCUT2D eigenvalue weighted by Crippen LogP contribution is -2.49. The van der Waals surface area contributed by atoms with Gasteiger partial charge in [-0.1, -0.05) is 30.5 Å². The first-order chi connectivity index (χ1) is 15.8. The average Bonchev–Trinajstić information content (AvgIpc) is 3.29. The summed E-state index contributed by atoms with van der Waals surface area (Å²) in [6.45, 7) is 5.65. The summed E-state index contributed by atoms with van der Waals surface area (Å²) in [5.74, 6) is 1.24. The number of benzene rings is 2. The molecule has 3 aliphatic rings. The fourth-order valence-corrected chi connectivity index (χ4v) is 6.87. The van der Waals surface area contributed by atoms with Crippen LogP contribution in [-0.2, 0) is 20.0 Å². The lowest BCUT2D eigenvalue weighted by Gasteiger charge is -2.46. The van der Waals surface area contributed by atoms with Gasteiger partial charge in [-0.15, -0.1) is 0 Å². The smallest absolute Gasteiger partial charge is 0.224 e. The molecule has 2 aromatic carbocycles. The molecule has 1 aliphatic carbocycles. The van der Waals surface area contributed by atoms with Crippen LogP contribution in [0.5, 0.6) is 11.5 Å². The van der Waals surface area contributed by atoms with Gasteiger partial charge >= 0.3 is 0 Å². The molecule has 0 aromatic heterocycles. The number of nitrogens with zero attached hydrogens (tertiary/aromatic N) is 1. The molecule has 2 aromatic rings. The fourth-order valence-electron chi connectivity index (χ4n) is 5.64. The lowest BCUT2D eigenvalue weighted by molar-refractivity contribution is -0.134. The van der Waals surface area contributed by atoms with E-state index in [4.69, 9.17) is 9.47 Å². The third-order valence-electron chi connectivity index (χ3n) is 7.52. The SMILES string of the molecule is Cc1ccc(S(=O)(=O)CCC(=O)N2CC3(CCCC3)c3cc4c(cc3[C@H]2C)OCCO4)cc1. The van der Waals surface area contributed by atoms with Crippen molar-refractivity contribution < 1.29 is 22.7 Å². The molecule has 1 saturated carbocycles. The van der Waals surface area contributed by atoms with Crippen LogP contribution in [0.2, 0.25) is 0 Å². The Labute approximate surface area is 195 Å². The van der Waals surface area contributed by atoms with Crippen LogP contribution in [0.3, 0.4) is 0 Å². The summed E-state index contributed by atoms with van der Waals surface area (Å²) in [6.07, 6.45) is 4.30. The van der Waals surface area contributed by atoms with Crippen LogP contribution in [0.4, 0.5) is 0 Å². The zero-order valence-electron chi connectivity index (χ0n) is 19.3. The van der Waals surface area contributed by atoms with E-state index < -0.39 is 9.84 Å². The van der Waals surface area contributed by atoms with E-state index in [1.807, 2.05) is 24.8 Å². The number of hydrogen-bond acceptors (Lipinski definition) is 5. The second kappa shape index (κ2) is 8.35. The first-order valence-electron chi connectivity index (χ1n) is 11.8. The van der Waals surface area contributed by atoms with Crippen molar-refractivity contribution in [1.82, 2.24) is 4.90 Å². The largest absolute Gasteiger partial charge is 0.486 e. The number of rotatable bonds is 4. The zero-order chi connectivity index (χ0) is 23.2. The van der Waals surface area contributed by atoms with Gasteiger partial charge in [-0.2, -0.15) is 0 Å². The monoisotopic (exact) mass is 469 g/mol. The van der Waals surface area contributed by atoms with E-state index in [0.29, 0.717) is 19.8 Å². The van der Waals surface area contributed by atoms with Crippen LogP contribution in [0.1, 0.15) is 61.8 Å². The maximum Gasteiger partial charge on any atom is 0.224 e. The Hall–Kier alpha value is -2.54. The summed E-state index contributed by atoms with van der Waals surface area (Å²) in [5, 5.41) is 0. The van der Waals surface area contributed by atoms with Gasteiger partial charge in [0.15, 0.2) is 21.3 Å². The molecule has 0 radical (unpaired) electrons. The highest BCUT2D eigenvalue weighted by Gasteiger charge is 2.46. The predicted molar refractivity (Wildman–Crippen MR) is 126 cm³/mol. The predicted octanol–water partition coefficient (Wildman–Crippen LogP) is 4.35. The number of aryl methyl sites for hydroxylation is 1. The van der Waals surface area contributed by atoms with E-state index in [1.54, 1.807) is 24.3 Å². The lowest BCUT2D eigenvalue weighted by atomic mass is 9.71. The van der Waals surface area contributed by atoms with Crippen molar-refractivity contribution in [1.29, 1.82) is 0 Å². The summed E-state index contributed by atoms with van der Waals surface area (Å²) in [5.41, 5.74) is 3.28. The quantitative estimate of drug-likeness (QED) is 0.666. The summed E-state index contributed by atoms with van der Waals surface area (Å²) in [6, 6.07) is 10.8. The normalized spacial score (nSPS) is 21.2. The van der Waals surface area contributed by atoms with Crippen LogP contribution in [-0.4, -0.2) is 44.7 Å². The van der Waals surface area contributed by atoms with Crippen molar-refractivity contribution in [3.05, 3.63) is 53.1 Å². The second-order valence-corrected chi connectivity index (χ2v) is 11.8. The molecule has 0 unspecified atom stereocenters. The van der Waals surface area contributed by atoms with Gasteiger partial charge in [-0.3, -0.25) is 4.79 Å². The summed E-state index contributed by atoms with van der Waals surface area (Å²) >= 11 is 0. The van der Waals surface area contributed by atoms with E-state index in [0.717, 1.165) is 48.3 Å². The summed E-state index contributed by atoms with van der Waals surface area (Å²) < 4.78 is 37.3. The summed E-state index contributed by atoms with van der Waals surface area (Å²) in [4.78, 5) is 15.6. The Morgan fingerprint density at radius 3 is 2.36 bits per heavy atom. The maximum atomic E-state index is 13.4. The van der Waals surface area contributed by atoms with Gasteiger partial charge in [0, 0.05) is 18.4 Å². The maximum absolute atomic E-state index is 13.4. The van der Waals surface area contributed by atoms with Crippen LogP contribution in [0.25, 0.3) is 0 Å². The second-order valence-electron chi connectivity index (χ2n) is 9.65. The molecule has 0 saturated heterocycles. The molecule has 6 nitrogen and oxygen atoms in total. The number of amides is 1. The molecule has 33 heavy (non-hydrogen) atoms. The molecular weight excluding hydrogens is 438 g/mol. The van der Waals surface area contributed by atoms with Gasteiger partial charge in [0.1, 0.15) is 13.2 Å². The number of sulfone groups is 1. The molecule has 1 atom stereocenters. The van der Waals surface area contributed by atoms with Crippen molar-refractivity contribution in [3.8, 4) is 11.5 Å². The molecule has 2 aliphatic heterocycles. The third-order valence-corrected chi connectivity index (χ3v) is 9.25. The molecule has 1 amide bonds. The van der Waals surface area contributed by atoms with Gasteiger partial charge in [0.25, 0.3) is 0 Å². The Morgan fingerprint density at radius 2 is 1.70 bits per heavy atom. The topological polar surface area (TPSA) is 72.9 Å². The van der Waals surface area contributed by atoms with Crippen molar-refractivity contribution in [2.75, 3.05) is 25.5 Å². The molecule has 0 N–H and O–H groups in total. The van der Waals surface area contributed by atoms with Crippen LogP contribution in [0, 0.1) is 6.92 Å². The van der Waals surface area contributed by atoms with E-state index in [9.17, 15) is 13.2 Å². The average molecular weight is 470 g/mol. The molecule has 5 rings (SSSR count). The Bertz CT molecular complexity index is 1170. The highest BCUT2D eigenvalue weighted by molar-refractivity contribution is 7.91. The zero-order valence-corrected chi connectivity index (χ0v) is 20.1. The van der Waals surface area contributed by atoms with Crippen LogP contribution < -0.4 is 9.47 Å². The first-order valence-corrected chi connectivity index (χ1v) is 13.5. The number of fused-ring (bicyclic) bond motifs is 3. The summed E-state index contributed by atoms with van der Waals surface area (Å²) in [7, 11) is -3.51. The van der Waals surface area contributed by atoms with Gasteiger partial charge < -0.3 is 14.4 Å². The number of hydrogen-bond donors (Lipinski definition) is 0. The first kappa shape index (κ1) is 22.3. The van der Waals surface area contributed by atoms with Crippen LogP contribution in [0.15, 0.2) is 41.3 Å².